The first kappa shape index (κ1) is 21.6. The zero-order valence-electron chi connectivity index (χ0n) is 16.1. The van der Waals surface area contributed by atoms with Crippen LogP contribution in [0.3, 0.4) is 0 Å². The number of benzene rings is 1. The van der Waals surface area contributed by atoms with Gasteiger partial charge in [-0.15, -0.1) is 0 Å². The lowest BCUT2D eigenvalue weighted by Gasteiger charge is -2.23. The highest BCUT2D eigenvalue weighted by Crippen LogP contribution is 2.35. The Labute approximate surface area is 179 Å². The van der Waals surface area contributed by atoms with Gasteiger partial charge < -0.3 is 19.3 Å². The van der Waals surface area contributed by atoms with Gasteiger partial charge in [-0.25, -0.2) is 0 Å². The summed E-state index contributed by atoms with van der Waals surface area (Å²) in [6, 6.07) is 5.42. The van der Waals surface area contributed by atoms with Crippen LogP contribution < -0.4 is 9.47 Å². The highest BCUT2D eigenvalue weighted by Gasteiger charge is 2.32. The molecule has 3 rings (SSSR count). The van der Waals surface area contributed by atoms with E-state index in [2.05, 4.69) is 0 Å². The Balaban J connectivity index is 1.70. The molecule has 0 radical (unpaired) electrons. The van der Waals surface area contributed by atoms with E-state index >= 15 is 0 Å². The van der Waals surface area contributed by atoms with Crippen molar-refractivity contribution >= 4 is 46.3 Å². The maximum Gasteiger partial charge on any atom is 0.303 e. The molecule has 2 saturated heterocycles. The number of nitrogens with zero attached hydrogens (tertiary/aromatic N) is 1. The zero-order valence-corrected chi connectivity index (χ0v) is 17.7. The lowest BCUT2D eigenvalue weighted by atomic mass is 10.1. The van der Waals surface area contributed by atoms with Crippen LogP contribution in [0, 0.1) is 0 Å². The number of hydrogen-bond donors (Lipinski definition) is 1. The smallest absolute Gasteiger partial charge is 0.303 e. The van der Waals surface area contributed by atoms with Crippen molar-refractivity contribution in [2.24, 2.45) is 0 Å². The SMILES string of the molecule is COc1cc(OC2CCCCO2)ccc1C=C1SC(=S)N(CCCC(=O)O)C1=O. The molecule has 1 atom stereocenters. The summed E-state index contributed by atoms with van der Waals surface area (Å²) in [6.45, 7) is 0.994. The minimum absolute atomic E-state index is 0.00387. The number of thiocarbonyl (C=S) groups is 1. The van der Waals surface area contributed by atoms with Crippen LogP contribution in [0.25, 0.3) is 6.08 Å². The molecule has 7 nitrogen and oxygen atoms in total. The van der Waals surface area contributed by atoms with Gasteiger partial charge in [0.2, 0.25) is 0 Å². The van der Waals surface area contributed by atoms with E-state index in [-0.39, 0.29) is 18.6 Å². The number of methoxy groups -OCH3 is 1. The molecule has 0 saturated carbocycles. The molecule has 9 heteroatoms. The molecule has 1 aromatic rings. The van der Waals surface area contributed by atoms with E-state index in [1.54, 1.807) is 19.3 Å². The predicted octanol–water partition coefficient (Wildman–Crippen LogP) is 3.67. The Bertz CT molecular complexity index is 819. The first-order chi connectivity index (χ1) is 14.0. The van der Waals surface area contributed by atoms with Crippen LogP contribution in [0.1, 0.15) is 37.7 Å². The van der Waals surface area contributed by atoms with E-state index < -0.39 is 5.97 Å². The Morgan fingerprint density at radius 3 is 2.97 bits per heavy atom. The van der Waals surface area contributed by atoms with Crippen LogP contribution in [0.2, 0.25) is 0 Å². The fraction of sp³-hybridized carbons (Fsp3) is 0.450. The zero-order chi connectivity index (χ0) is 20.8. The number of carboxylic acids is 1. The van der Waals surface area contributed by atoms with Gasteiger partial charge in [-0.05, 0) is 37.5 Å². The Kier molecular flexibility index (Phi) is 7.51. The van der Waals surface area contributed by atoms with Gasteiger partial charge in [-0.3, -0.25) is 14.5 Å². The van der Waals surface area contributed by atoms with E-state index in [0.717, 1.165) is 24.8 Å². The van der Waals surface area contributed by atoms with Crippen molar-refractivity contribution in [3.05, 3.63) is 28.7 Å². The second-order valence-electron chi connectivity index (χ2n) is 6.65. The molecule has 1 unspecified atom stereocenters. The van der Waals surface area contributed by atoms with E-state index in [4.69, 9.17) is 31.5 Å². The molecule has 156 valence electrons. The molecule has 2 fully saturated rings. The molecular weight excluding hydrogens is 414 g/mol. The van der Waals surface area contributed by atoms with E-state index in [0.29, 0.717) is 40.3 Å². The molecule has 2 heterocycles. The van der Waals surface area contributed by atoms with Crippen molar-refractivity contribution in [2.45, 2.75) is 38.4 Å². The van der Waals surface area contributed by atoms with Crippen molar-refractivity contribution in [3.8, 4) is 11.5 Å². The van der Waals surface area contributed by atoms with Gasteiger partial charge in [0.1, 0.15) is 15.8 Å². The largest absolute Gasteiger partial charge is 0.496 e. The molecule has 0 aliphatic carbocycles. The van der Waals surface area contributed by atoms with Gasteiger partial charge in [0.05, 0.1) is 18.6 Å². The molecule has 29 heavy (non-hydrogen) atoms. The first-order valence-electron chi connectivity index (χ1n) is 9.41. The molecule has 2 aliphatic heterocycles. The number of aliphatic carboxylic acids is 1. The third kappa shape index (κ3) is 5.71. The van der Waals surface area contributed by atoms with Crippen LogP contribution in [0.5, 0.6) is 11.5 Å². The van der Waals surface area contributed by atoms with Gasteiger partial charge in [0.15, 0.2) is 6.29 Å². The van der Waals surface area contributed by atoms with E-state index in [1.807, 2.05) is 12.1 Å². The van der Waals surface area contributed by atoms with Crippen LogP contribution in [-0.2, 0) is 14.3 Å². The summed E-state index contributed by atoms with van der Waals surface area (Å²) < 4.78 is 17.4. The number of hydrogen-bond acceptors (Lipinski definition) is 7. The van der Waals surface area contributed by atoms with E-state index in [9.17, 15) is 9.59 Å². The molecule has 1 N–H and O–H groups in total. The molecule has 2 aliphatic rings. The number of carbonyl (C=O) groups is 2. The summed E-state index contributed by atoms with van der Waals surface area (Å²) in [5, 5.41) is 8.76. The maximum absolute atomic E-state index is 12.6. The Morgan fingerprint density at radius 1 is 1.45 bits per heavy atom. The number of ether oxygens (including phenoxy) is 3. The number of carbonyl (C=O) groups excluding carboxylic acids is 1. The molecule has 1 amide bonds. The molecule has 0 aromatic heterocycles. The molecule has 0 spiro atoms. The van der Waals surface area contributed by atoms with Crippen molar-refractivity contribution in [2.75, 3.05) is 20.3 Å². The lowest BCUT2D eigenvalue weighted by Crippen LogP contribution is -2.29. The standard InChI is InChI=1S/C20H23NO6S2/c1-25-15-12-14(27-18-6-2-3-10-26-18)8-7-13(15)11-16-19(24)21(20(28)29-16)9-4-5-17(22)23/h7-8,11-12,18H,2-6,9-10H2,1H3,(H,22,23). The number of amides is 1. The van der Waals surface area contributed by atoms with Gasteiger partial charge in [0, 0.05) is 31.0 Å². The number of thioether (sulfide) groups is 1. The summed E-state index contributed by atoms with van der Waals surface area (Å²) >= 11 is 6.48. The third-order valence-corrected chi connectivity index (χ3v) is 5.92. The third-order valence-electron chi connectivity index (χ3n) is 4.54. The van der Waals surface area contributed by atoms with Crippen LogP contribution in [0.15, 0.2) is 23.1 Å². The topological polar surface area (TPSA) is 85.3 Å². The van der Waals surface area contributed by atoms with Gasteiger partial charge >= 0.3 is 5.97 Å². The van der Waals surface area contributed by atoms with Gasteiger partial charge in [-0.1, -0.05) is 24.0 Å². The van der Waals surface area contributed by atoms with Gasteiger partial charge in [-0.2, -0.15) is 0 Å². The van der Waals surface area contributed by atoms with Crippen LogP contribution >= 0.6 is 24.0 Å². The summed E-state index contributed by atoms with van der Waals surface area (Å²) in [4.78, 5) is 25.2. The average Bonchev–Trinajstić information content (AvgIpc) is 2.97. The monoisotopic (exact) mass is 437 g/mol. The average molecular weight is 438 g/mol. The first-order valence-corrected chi connectivity index (χ1v) is 10.6. The van der Waals surface area contributed by atoms with Gasteiger partial charge in [0.25, 0.3) is 5.91 Å². The Morgan fingerprint density at radius 2 is 2.28 bits per heavy atom. The minimum atomic E-state index is -0.892. The summed E-state index contributed by atoms with van der Waals surface area (Å²) in [5.41, 5.74) is 0.732. The van der Waals surface area contributed by atoms with Crippen molar-refractivity contribution in [3.63, 3.8) is 0 Å². The molecule has 0 bridgehead atoms. The van der Waals surface area contributed by atoms with E-state index in [1.165, 1.54) is 16.7 Å². The van der Waals surface area contributed by atoms with Crippen LogP contribution in [0.4, 0.5) is 0 Å². The quantitative estimate of drug-likeness (QED) is 0.487. The second kappa shape index (κ2) is 10.1. The number of rotatable bonds is 8. The van der Waals surface area contributed by atoms with Crippen molar-refractivity contribution in [1.29, 1.82) is 0 Å². The second-order valence-corrected chi connectivity index (χ2v) is 8.32. The highest BCUT2D eigenvalue weighted by atomic mass is 32.2. The lowest BCUT2D eigenvalue weighted by molar-refractivity contribution is -0.137. The minimum Gasteiger partial charge on any atom is -0.496 e. The predicted molar refractivity (Wildman–Crippen MR) is 114 cm³/mol. The Hall–Kier alpha value is -2.10. The summed E-state index contributed by atoms with van der Waals surface area (Å²) in [7, 11) is 1.56. The molecular formula is C20H23NO6S2. The fourth-order valence-corrected chi connectivity index (χ4v) is 4.36. The van der Waals surface area contributed by atoms with Crippen molar-refractivity contribution < 1.29 is 28.9 Å². The van der Waals surface area contributed by atoms with Crippen LogP contribution in [-0.4, -0.2) is 52.8 Å². The number of carboxylic acid groups (broad SMARTS) is 1. The van der Waals surface area contributed by atoms with Crippen molar-refractivity contribution in [1.82, 2.24) is 4.90 Å². The fourth-order valence-electron chi connectivity index (χ4n) is 3.06. The summed E-state index contributed by atoms with van der Waals surface area (Å²) in [5.74, 6) is 0.113. The normalized spacial score (nSPS) is 20.9. The maximum atomic E-state index is 12.6. The molecule has 1 aromatic carbocycles. The highest BCUT2D eigenvalue weighted by molar-refractivity contribution is 8.26. The summed E-state index contributed by atoms with van der Waals surface area (Å²) in [6.07, 6.45) is 4.82.